The van der Waals surface area contributed by atoms with Gasteiger partial charge in [-0.3, -0.25) is 9.59 Å². The summed E-state index contributed by atoms with van der Waals surface area (Å²) >= 11 is 1.32. The molecule has 1 aromatic heterocycles. The second-order valence-corrected chi connectivity index (χ2v) is 10.1. The topological polar surface area (TPSA) is 116 Å². The number of nitrogens with two attached hydrogens (primary N) is 1. The first-order chi connectivity index (χ1) is 13.9. The van der Waals surface area contributed by atoms with Gasteiger partial charge in [0.2, 0.25) is 5.76 Å². The lowest BCUT2D eigenvalue weighted by Gasteiger charge is -2.21. The quantitative estimate of drug-likeness (QED) is 0.770. The molecule has 0 unspecified atom stereocenters. The molecule has 1 aromatic carbocycles. The van der Waals surface area contributed by atoms with Crippen LogP contribution in [0.1, 0.15) is 39.2 Å². The fraction of sp³-hybridized carbons (Fsp3) is 0.300. The highest BCUT2D eigenvalue weighted by molar-refractivity contribution is 8.00. The molecular formula is C20H20N2O5S2. The van der Waals surface area contributed by atoms with Crippen molar-refractivity contribution in [2.24, 2.45) is 5.73 Å². The average Bonchev–Trinajstić information content (AvgIpc) is 3.05. The predicted octanol–water partition coefficient (Wildman–Crippen LogP) is 2.48. The molecule has 1 aliphatic carbocycles. The minimum absolute atomic E-state index is 0.106. The van der Waals surface area contributed by atoms with E-state index in [1.54, 1.807) is 30.3 Å². The normalized spacial score (nSPS) is 17.9. The lowest BCUT2D eigenvalue weighted by atomic mass is 9.95. The zero-order valence-electron chi connectivity index (χ0n) is 15.6. The third kappa shape index (κ3) is 3.67. The predicted molar refractivity (Wildman–Crippen MR) is 111 cm³/mol. The van der Waals surface area contributed by atoms with Crippen LogP contribution >= 0.6 is 11.3 Å². The lowest BCUT2D eigenvalue weighted by Crippen LogP contribution is -2.28. The van der Waals surface area contributed by atoms with E-state index >= 15 is 0 Å². The number of aryl methyl sites for hydroxylation is 1. The Kier molecular flexibility index (Phi) is 5.18. The number of ether oxygens (including phenoxy) is 1. The van der Waals surface area contributed by atoms with Crippen LogP contribution in [-0.2, 0) is 32.2 Å². The molecule has 2 heterocycles. The number of thiophene rings is 1. The first-order valence-electron chi connectivity index (χ1n) is 9.29. The van der Waals surface area contributed by atoms with Gasteiger partial charge in [-0.1, -0.05) is 30.3 Å². The SMILES string of the molecule is NC(=O)c1c(NC(=O)C2=C(c3ccccc3)S(=O)(=O)CCO2)sc2c1CCCC2. The fourth-order valence-corrected chi connectivity index (χ4v) is 6.43. The van der Waals surface area contributed by atoms with Gasteiger partial charge in [-0.25, -0.2) is 8.42 Å². The molecule has 29 heavy (non-hydrogen) atoms. The second kappa shape index (κ2) is 7.64. The molecule has 2 aliphatic rings. The molecule has 2 amide bonds. The van der Waals surface area contributed by atoms with E-state index in [0.717, 1.165) is 36.1 Å². The van der Waals surface area contributed by atoms with Crippen molar-refractivity contribution < 1.29 is 22.7 Å². The van der Waals surface area contributed by atoms with Gasteiger partial charge in [-0.15, -0.1) is 11.3 Å². The Balaban J connectivity index is 1.77. The maximum absolute atomic E-state index is 13.0. The number of rotatable bonds is 4. The van der Waals surface area contributed by atoms with E-state index in [0.29, 0.717) is 16.1 Å². The molecule has 0 spiro atoms. The fourth-order valence-electron chi connectivity index (χ4n) is 3.71. The molecule has 2 aromatic rings. The van der Waals surface area contributed by atoms with Crippen LogP contribution < -0.4 is 11.1 Å². The second-order valence-electron chi connectivity index (χ2n) is 6.93. The summed E-state index contributed by atoms with van der Waals surface area (Å²) in [4.78, 5) is 26.0. The summed E-state index contributed by atoms with van der Waals surface area (Å²) in [5, 5.41) is 3.04. The summed E-state index contributed by atoms with van der Waals surface area (Å²) in [6.45, 7) is -0.106. The highest BCUT2D eigenvalue weighted by atomic mass is 32.2. The number of sulfone groups is 1. The molecule has 1 aliphatic heterocycles. The number of primary amides is 1. The van der Waals surface area contributed by atoms with E-state index in [2.05, 4.69) is 5.32 Å². The number of hydrogen-bond acceptors (Lipinski definition) is 6. The van der Waals surface area contributed by atoms with E-state index in [4.69, 9.17) is 10.5 Å². The standard InChI is InChI=1S/C20H20N2O5S2/c21-18(23)15-13-8-4-5-9-14(13)28-20(15)22-19(24)16-17(12-6-2-1-3-7-12)29(25,26)11-10-27-16/h1-3,6-7H,4-5,8-11H2,(H2,21,23)(H,22,24). The molecular weight excluding hydrogens is 412 g/mol. The van der Waals surface area contributed by atoms with Crippen molar-refractivity contribution in [1.29, 1.82) is 0 Å². The molecule has 3 N–H and O–H groups in total. The van der Waals surface area contributed by atoms with E-state index in [9.17, 15) is 18.0 Å². The molecule has 0 radical (unpaired) electrons. The molecule has 4 rings (SSSR count). The number of amides is 2. The highest BCUT2D eigenvalue weighted by Gasteiger charge is 2.34. The van der Waals surface area contributed by atoms with Crippen LogP contribution in [0.3, 0.4) is 0 Å². The smallest absolute Gasteiger partial charge is 0.292 e. The minimum Gasteiger partial charge on any atom is -0.486 e. The molecule has 0 saturated heterocycles. The summed E-state index contributed by atoms with van der Waals surface area (Å²) in [6.07, 6.45) is 3.55. The number of carbonyl (C=O) groups is 2. The molecule has 0 bridgehead atoms. The number of benzene rings is 1. The van der Waals surface area contributed by atoms with Gasteiger partial charge in [-0.2, -0.15) is 0 Å². The van der Waals surface area contributed by atoms with Gasteiger partial charge in [0.25, 0.3) is 11.8 Å². The van der Waals surface area contributed by atoms with Crippen molar-refractivity contribution >= 4 is 42.9 Å². The van der Waals surface area contributed by atoms with Gasteiger partial charge >= 0.3 is 0 Å². The van der Waals surface area contributed by atoms with Crippen LogP contribution in [0, 0.1) is 0 Å². The average molecular weight is 433 g/mol. The molecule has 0 atom stereocenters. The van der Waals surface area contributed by atoms with Gasteiger partial charge in [0.15, 0.2) is 9.84 Å². The molecule has 9 heteroatoms. The lowest BCUT2D eigenvalue weighted by molar-refractivity contribution is -0.115. The maximum Gasteiger partial charge on any atom is 0.292 e. The first kappa shape index (κ1) is 19.7. The zero-order valence-corrected chi connectivity index (χ0v) is 17.2. The summed E-state index contributed by atoms with van der Waals surface area (Å²) in [5.41, 5.74) is 7.17. The monoisotopic (exact) mass is 432 g/mol. The summed E-state index contributed by atoms with van der Waals surface area (Å²) in [7, 11) is -3.69. The molecule has 152 valence electrons. The van der Waals surface area contributed by atoms with Gasteiger partial charge < -0.3 is 15.8 Å². The van der Waals surface area contributed by atoms with Crippen LogP contribution in [0.5, 0.6) is 0 Å². The number of hydrogen-bond donors (Lipinski definition) is 2. The Morgan fingerprint density at radius 1 is 1.10 bits per heavy atom. The minimum atomic E-state index is -3.69. The Hall–Kier alpha value is -2.65. The van der Waals surface area contributed by atoms with Crippen LogP contribution in [0.2, 0.25) is 0 Å². The summed E-state index contributed by atoms with van der Waals surface area (Å²) in [5.74, 6) is -1.76. The number of carbonyl (C=O) groups excluding carboxylic acids is 2. The van der Waals surface area contributed by atoms with Gasteiger partial charge in [0, 0.05) is 4.88 Å². The van der Waals surface area contributed by atoms with E-state index in [-0.39, 0.29) is 23.0 Å². The van der Waals surface area contributed by atoms with Crippen LogP contribution in [0.15, 0.2) is 36.1 Å². The number of nitrogens with one attached hydrogen (secondary N) is 1. The van der Waals surface area contributed by atoms with Gasteiger partial charge in [0.05, 0.1) is 11.3 Å². The van der Waals surface area contributed by atoms with Crippen molar-refractivity contribution in [3.8, 4) is 0 Å². The van der Waals surface area contributed by atoms with Gasteiger partial charge in [0.1, 0.15) is 16.5 Å². The molecule has 0 fully saturated rings. The van der Waals surface area contributed by atoms with Crippen molar-refractivity contribution in [3.05, 3.63) is 57.7 Å². The Bertz CT molecular complexity index is 1120. The Morgan fingerprint density at radius 3 is 2.55 bits per heavy atom. The van der Waals surface area contributed by atoms with Crippen molar-refractivity contribution in [1.82, 2.24) is 0 Å². The van der Waals surface area contributed by atoms with E-state index in [1.807, 2.05) is 0 Å². The third-order valence-electron chi connectivity index (χ3n) is 5.00. The highest BCUT2D eigenvalue weighted by Crippen LogP contribution is 2.39. The summed E-state index contributed by atoms with van der Waals surface area (Å²) in [6, 6.07) is 8.39. The zero-order chi connectivity index (χ0) is 20.6. The number of anilines is 1. The van der Waals surface area contributed by atoms with Crippen molar-refractivity contribution in [2.75, 3.05) is 17.7 Å². The van der Waals surface area contributed by atoms with Gasteiger partial charge in [-0.05, 0) is 36.8 Å². The van der Waals surface area contributed by atoms with E-state index < -0.39 is 21.7 Å². The number of fused-ring (bicyclic) bond motifs is 1. The van der Waals surface area contributed by atoms with Crippen LogP contribution in [-0.4, -0.2) is 32.6 Å². The largest absolute Gasteiger partial charge is 0.486 e. The molecule has 0 saturated carbocycles. The van der Waals surface area contributed by atoms with Crippen molar-refractivity contribution in [3.63, 3.8) is 0 Å². The van der Waals surface area contributed by atoms with Crippen LogP contribution in [0.25, 0.3) is 4.91 Å². The summed E-state index contributed by atoms with van der Waals surface area (Å²) < 4.78 is 30.9. The van der Waals surface area contributed by atoms with Crippen LogP contribution in [0.4, 0.5) is 5.00 Å². The Labute approximate surface area is 172 Å². The van der Waals surface area contributed by atoms with Crippen molar-refractivity contribution in [2.45, 2.75) is 25.7 Å². The van der Waals surface area contributed by atoms with E-state index in [1.165, 1.54) is 11.3 Å². The Morgan fingerprint density at radius 2 is 1.83 bits per heavy atom. The maximum atomic E-state index is 13.0. The third-order valence-corrected chi connectivity index (χ3v) is 7.96. The first-order valence-corrected chi connectivity index (χ1v) is 11.8. The molecule has 7 nitrogen and oxygen atoms in total.